The molecule has 0 radical (unpaired) electrons. The van der Waals surface area contributed by atoms with E-state index in [0.29, 0.717) is 6.54 Å². The van der Waals surface area contributed by atoms with Crippen LogP contribution in [-0.2, 0) is 19.6 Å². The quantitative estimate of drug-likeness (QED) is 0.680. The standard InChI is InChI=1S/C20H20N4/c1-2-8-18(14-22-16-20-10-4-6-12-24-20)17(7-1)13-21-15-19-9-3-5-11-23-19/h1-12,15,22H,13-14,16H2. The third-order valence-electron chi connectivity index (χ3n) is 3.64. The lowest BCUT2D eigenvalue weighted by Crippen LogP contribution is -2.14. The van der Waals surface area contributed by atoms with Gasteiger partial charge in [-0.25, -0.2) is 0 Å². The van der Waals surface area contributed by atoms with E-state index in [9.17, 15) is 0 Å². The van der Waals surface area contributed by atoms with Crippen LogP contribution in [0.15, 0.2) is 78.0 Å². The van der Waals surface area contributed by atoms with E-state index in [1.165, 1.54) is 11.1 Å². The molecule has 4 heteroatoms. The molecule has 3 aromatic rings. The third-order valence-corrected chi connectivity index (χ3v) is 3.64. The number of hydrogen-bond donors (Lipinski definition) is 1. The molecule has 2 heterocycles. The number of benzene rings is 1. The molecule has 0 aliphatic rings. The maximum absolute atomic E-state index is 4.51. The highest BCUT2D eigenvalue weighted by atomic mass is 14.9. The zero-order valence-electron chi connectivity index (χ0n) is 13.5. The summed E-state index contributed by atoms with van der Waals surface area (Å²) in [5.74, 6) is 0. The Balaban J connectivity index is 1.57. The lowest BCUT2D eigenvalue weighted by molar-refractivity contribution is 0.675. The van der Waals surface area contributed by atoms with Gasteiger partial charge in [0.1, 0.15) is 0 Å². The van der Waals surface area contributed by atoms with Crippen molar-refractivity contribution in [2.45, 2.75) is 19.6 Å². The minimum Gasteiger partial charge on any atom is -0.307 e. The molecule has 3 rings (SSSR count). The molecular weight excluding hydrogens is 296 g/mol. The van der Waals surface area contributed by atoms with E-state index in [1.54, 1.807) is 6.20 Å². The highest BCUT2D eigenvalue weighted by Crippen LogP contribution is 2.10. The van der Waals surface area contributed by atoms with Crippen molar-refractivity contribution in [3.05, 3.63) is 95.6 Å². The van der Waals surface area contributed by atoms with Gasteiger partial charge in [-0.1, -0.05) is 36.4 Å². The van der Waals surface area contributed by atoms with E-state index in [1.807, 2.05) is 54.9 Å². The number of rotatable bonds is 7. The van der Waals surface area contributed by atoms with Gasteiger partial charge < -0.3 is 5.32 Å². The van der Waals surface area contributed by atoms with Crippen LogP contribution in [0.25, 0.3) is 0 Å². The highest BCUT2D eigenvalue weighted by molar-refractivity contribution is 5.76. The summed E-state index contributed by atoms with van der Waals surface area (Å²) < 4.78 is 0. The fraction of sp³-hybridized carbons (Fsp3) is 0.150. The van der Waals surface area contributed by atoms with Crippen LogP contribution in [0.2, 0.25) is 0 Å². The minimum absolute atomic E-state index is 0.651. The lowest BCUT2D eigenvalue weighted by atomic mass is 10.1. The average molecular weight is 316 g/mol. The van der Waals surface area contributed by atoms with Gasteiger partial charge in [0, 0.05) is 31.7 Å². The van der Waals surface area contributed by atoms with Gasteiger partial charge >= 0.3 is 0 Å². The average Bonchev–Trinajstić information content (AvgIpc) is 2.65. The Bertz CT molecular complexity index is 770. The number of nitrogens with one attached hydrogen (secondary N) is 1. The molecule has 0 unspecified atom stereocenters. The van der Waals surface area contributed by atoms with Crippen molar-refractivity contribution in [1.82, 2.24) is 15.3 Å². The van der Waals surface area contributed by atoms with E-state index in [-0.39, 0.29) is 0 Å². The van der Waals surface area contributed by atoms with E-state index >= 15 is 0 Å². The number of pyridine rings is 2. The van der Waals surface area contributed by atoms with Gasteiger partial charge in [-0.15, -0.1) is 0 Å². The van der Waals surface area contributed by atoms with Gasteiger partial charge in [0.2, 0.25) is 0 Å². The van der Waals surface area contributed by atoms with Crippen molar-refractivity contribution >= 4 is 6.21 Å². The topological polar surface area (TPSA) is 50.2 Å². The van der Waals surface area contributed by atoms with E-state index in [4.69, 9.17) is 0 Å². The minimum atomic E-state index is 0.651. The molecule has 0 fully saturated rings. The van der Waals surface area contributed by atoms with Crippen LogP contribution in [0.4, 0.5) is 0 Å². The molecule has 24 heavy (non-hydrogen) atoms. The summed E-state index contributed by atoms with van der Waals surface area (Å²) in [4.78, 5) is 13.1. The molecule has 4 nitrogen and oxygen atoms in total. The Hall–Kier alpha value is -2.85. The first-order chi connectivity index (χ1) is 11.9. The second-order valence-corrected chi connectivity index (χ2v) is 5.42. The van der Waals surface area contributed by atoms with Crippen LogP contribution in [0, 0.1) is 0 Å². The fourth-order valence-electron chi connectivity index (χ4n) is 2.40. The normalized spacial score (nSPS) is 11.0. The summed E-state index contributed by atoms with van der Waals surface area (Å²) in [6.45, 7) is 2.20. The maximum Gasteiger partial charge on any atom is 0.0807 e. The molecule has 0 atom stereocenters. The van der Waals surface area contributed by atoms with Gasteiger partial charge in [0.05, 0.1) is 17.9 Å². The number of aliphatic imine (C=N–C) groups is 1. The number of aromatic nitrogens is 2. The second kappa shape index (κ2) is 8.70. The summed E-state index contributed by atoms with van der Waals surface area (Å²) in [5, 5.41) is 3.44. The van der Waals surface area contributed by atoms with Gasteiger partial charge in [0.15, 0.2) is 0 Å². The van der Waals surface area contributed by atoms with Crippen LogP contribution in [0.3, 0.4) is 0 Å². The summed E-state index contributed by atoms with van der Waals surface area (Å²) in [5.41, 5.74) is 4.40. The second-order valence-electron chi connectivity index (χ2n) is 5.42. The smallest absolute Gasteiger partial charge is 0.0807 e. The molecule has 0 aliphatic carbocycles. The monoisotopic (exact) mass is 316 g/mol. The summed E-state index contributed by atoms with van der Waals surface area (Å²) >= 11 is 0. The zero-order chi connectivity index (χ0) is 16.5. The third kappa shape index (κ3) is 4.83. The predicted molar refractivity (Wildman–Crippen MR) is 96.8 cm³/mol. The first-order valence-corrected chi connectivity index (χ1v) is 8.00. The van der Waals surface area contributed by atoms with Gasteiger partial charge in [-0.05, 0) is 35.4 Å². The lowest BCUT2D eigenvalue weighted by Gasteiger charge is -2.09. The molecule has 1 N–H and O–H groups in total. The fourth-order valence-corrected chi connectivity index (χ4v) is 2.40. The molecular formula is C20H20N4. The molecule has 0 saturated carbocycles. The Morgan fingerprint density at radius 1 is 0.792 bits per heavy atom. The Kier molecular flexibility index (Phi) is 5.81. The Labute approximate surface area is 142 Å². The van der Waals surface area contributed by atoms with Crippen molar-refractivity contribution < 1.29 is 0 Å². The van der Waals surface area contributed by atoms with Crippen LogP contribution >= 0.6 is 0 Å². The molecule has 0 spiro atoms. The van der Waals surface area contributed by atoms with E-state index in [2.05, 4.69) is 38.5 Å². The highest BCUT2D eigenvalue weighted by Gasteiger charge is 2.01. The van der Waals surface area contributed by atoms with E-state index in [0.717, 1.165) is 24.5 Å². The van der Waals surface area contributed by atoms with Crippen LogP contribution in [0.5, 0.6) is 0 Å². The summed E-state index contributed by atoms with van der Waals surface area (Å²) in [6.07, 6.45) is 5.41. The van der Waals surface area contributed by atoms with Crippen molar-refractivity contribution in [3.8, 4) is 0 Å². The maximum atomic E-state index is 4.51. The SMILES string of the molecule is C(=NCc1ccccc1CNCc1ccccn1)c1ccccn1. The molecule has 2 aromatic heterocycles. The van der Waals surface area contributed by atoms with Crippen molar-refractivity contribution in [3.63, 3.8) is 0 Å². The summed E-state index contributed by atoms with van der Waals surface area (Å²) in [7, 11) is 0. The van der Waals surface area contributed by atoms with Crippen molar-refractivity contribution in [1.29, 1.82) is 0 Å². The van der Waals surface area contributed by atoms with Gasteiger partial charge in [0.25, 0.3) is 0 Å². The molecule has 0 amide bonds. The summed E-state index contributed by atoms with van der Waals surface area (Å²) in [6, 6.07) is 20.1. The van der Waals surface area contributed by atoms with Gasteiger partial charge in [-0.2, -0.15) is 0 Å². The Morgan fingerprint density at radius 3 is 2.29 bits per heavy atom. The van der Waals surface area contributed by atoms with E-state index < -0.39 is 0 Å². The molecule has 0 bridgehead atoms. The van der Waals surface area contributed by atoms with Crippen LogP contribution in [-0.4, -0.2) is 16.2 Å². The van der Waals surface area contributed by atoms with Crippen LogP contribution in [0.1, 0.15) is 22.5 Å². The zero-order valence-corrected chi connectivity index (χ0v) is 13.5. The first kappa shape index (κ1) is 16.0. The number of nitrogens with zero attached hydrogens (tertiary/aromatic N) is 3. The first-order valence-electron chi connectivity index (χ1n) is 8.00. The molecule has 0 saturated heterocycles. The van der Waals surface area contributed by atoms with Gasteiger partial charge in [-0.3, -0.25) is 15.0 Å². The molecule has 120 valence electrons. The predicted octanol–water partition coefficient (Wildman–Crippen LogP) is 3.39. The number of hydrogen-bond acceptors (Lipinski definition) is 4. The molecule has 1 aromatic carbocycles. The van der Waals surface area contributed by atoms with Crippen molar-refractivity contribution in [2.75, 3.05) is 0 Å². The van der Waals surface area contributed by atoms with Crippen LogP contribution < -0.4 is 5.32 Å². The largest absolute Gasteiger partial charge is 0.307 e. The molecule has 0 aliphatic heterocycles. The van der Waals surface area contributed by atoms with Crippen molar-refractivity contribution in [2.24, 2.45) is 4.99 Å². The Morgan fingerprint density at radius 2 is 1.54 bits per heavy atom.